The molecule has 0 saturated carbocycles. The summed E-state index contributed by atoms with van der Waals surface area (Å²) in [4.78, 5) is 40.8. The van der Waals surface area contributed by atoms with Crippen LogP contribution < -0.4 is 0 Å². The number of ether oxygens (including phenoxy) is 1. The summed E-state index contributed by atoms with van der Waals surface area (Å²) >= 11 is 6.33. The third-order valence-electron chi connectivity index (χ3n) is 4.97. The first-order valence-corrected chi connectivity index (χ1v) is 12.3. The number of likely N-dealkylation sites (tertiary alicyclic amines) is 1. The first-order chi connectivity index (χ1) is 15.8. The van der Waals surface area contributed by atoms with Gasteiger partial charge in [0.1, 0.15) is 6.04 Å². The van der Waals surface area contributed by atoms with Crippen LogP contribution in [0.15, 0.2) is 59.3 Å². The van der Waals surface area contributed by atoms with E-state index in [0.29, 0.717) is 29.1 Å². The summed E-state index contributed by atoms with van der Waals surface area (Å²) in [5.74, 6) is -1.61. The fourth-order valence-corrected chi connectivity index (χ4v) is 6.39. The molecule has 9 nitrogen and oxygen atoms in total. The van der Waals surface area contributed by atoms with Gasteiger partial charge in [-0.2, -0.15) is 0 Å². The Hall–Kier alpha value is -2.60. The zero-order chi connectivity index (χ0) is 24.0. The minimum absolute atomic E-state index is 0.110. The highest BCUT2D eigenvalue weighted by molar-refractivity contribution is 8.77. The van der Waals surface area contributed by atoms with Crippen LogP contribution in [0.2, 0.25) is 5.02 Å². The van der Waals surface area contributed by atoms with Crippen LogP contribution in [0.1, 0.15) is 18.0 Å². The van der Waals surface area contributed by atoms with Crippen molar-refractivity contribution in [2.45, 2.75) is 22.7 Å². The Morgan fingerprint density at radius 3 is 2.79 bits per heavy atom. The molecule has 12 heteroatoms. The second-order valence-electron chi connectivity index (χ2n) is 7.02. The highest BCUT2D eigenvalue weighted by atomic mass is 35.5. The van der Waals surface area contributed by atoms with Gasteiger partial charge in [0.05, 0.1) is 12.0 Å². The summed E-state index contributed by atoms with van der Waals surface area (Å²) in [6.45, 7) is 0.657. The van der Waals surface area contributed by atoms with E-state index in [4.69, 9.17) is 16.3 Å². The zero-order valence-electron chi connectivity index (χ0n) is 17.4. The van der Waals surface area contributed by atoms with Crippen molar-refractivity contribution in [1.82, 2.24) is 9.88 Å². The average Bonchev–Trinajstić information content (AvgIpc) is 2.79. The second-order valence-corrected chi connectivity index (χ2v) is 9.82. The predicted molar refractivity (Wildman–Crippen MR) is 126 cm³/mol. The first kappa shape index (κ1) is 25.0. The molecule has 1 aromatic carbocycles. The Morgan fingerprint density at radius 1 is 1.36 bits per heavy atom. The summed E-state index contributed by atoms with van der Waals surface area (Å²) in [6, 6.07) is 9.01. The summed E-state index contributed by atoms with van der Waals surface area (Å²) < 4.78 is 5.00. The molecule has 1 N–H and O–H groups in total. The number of carbonyl (C=O) groups is 2. The van der Waals surface area contributed by atoms with Crippen molar-refractivity contribution in [2.24, 2.45) is 0 Å². The van der Waals surface area contributed by atoms with Crippen LogP contribution >= 0.6 is 33.2 Å². The summed E-state index contributed by atoms with van der Waals surface area (Å²) in [5, 5.41) is 21.1. The lowest BCUT2D eigenvalue weighted by atomic mass is 9.98. The number of methoxy groups -OCH3 is 1. The predicted octanol–water partition coefficient (Wildman–Crippen LogP) is 4.38. The average molecular weight is 510 g/mol. The number of benzene rings is 1. The van der Waals surface area contributed by atoms with Gasteiger partial charge in [0, 0.05) is 41.7 Å². The molecule has 2 atom stereocenters. The number of carboxylic acids is 1. The molecule has 1 saturated heterocycles. The highest BCUT2D eigenvalue weighted by Gasteiger charge is 2.36. The van der Waals surface area contributed by atoms with Gasteiger partial charge in [-0.15, -0.1) is 0 Å². The Labute approximate surface area is 202 Å². The third-order valence-corrected chi connectivity index (χ3v) is 8.11. The van der Waals surface area contributed by atoms with E-state index >= 15 is 0 Å². The number of esters is 1. The molecule has 2 aromatic rings. The first-order valence-electron chi connectivity index (χ1n) is 9.74. The number of piperidine rings is 1. The minimum atomic E-state index is -1.11. The van der Waals surface area contributed by atoms with Gasteiger partial charge in [-0.1, -0.05) is 40.6 Å². The number of aromatic nitrogens is 1. The van der Waals surface area contributed by atoms with Crippen LogP contribution in [0.3, 0.4) is 0 Å². The Morgan fingerprint density at radius 2 is 2.12 bits per heavy atom. The summed E-state index contributed by atoms with van der Waals surface area (Å²) in [6.07, 6.45) is 3.10. The van der Waals surface area contributed by atoms with Crippen molar-refractivity contribution in [2.75, 3.05) is 20.2 Å². The minimum Gasteiger partial charge on any atom is -0.478 e. The molecule has 0 radical (unpaired) electrons. The fraction of sp³-hybridized carbons (Fsp3) is 0.286. The number of hydrogen-bond acceptors (Lipinski definition) is 9. The molecule has 1 aliphatic rings. The molecular weight excluding hydrogens is 490 g/mol. The number of hydrogen-bond donors (Lipinski definition) is 1. The van der Waals surface area contributed by atoms with Crippen molar-refractivity contribution in [3.63, 3.8) is 0 Å². The molecule has 33 heavy (non-hydrogen) atoms. The number of nitro groups is 1. The van der Waals surface area contributed by atoms with Gasteiger partial charge in [0.25, 0.3) is 0 Å². The van der Waals surface area contributed by atoms with E-state index in [-0.39, 0.29) is 22.5 Å². The maximum absolute atomic E-state index is 12.6. The molecular formula is C21H20ClN3O6S2. The molecule has 1 aromatic heterocycles. The van der Waals surface area contributed by atoms with Crippen LogP contribution in [0, 0.1) is 10.1 Å². The molecule has 174 valence electrons. The van der Waals surface area contributed by atoms with E-state index < -0.39 is 22.9 Å². The van der Waals surface area contributed by atoms with Gasteiger partial charge < -0.3 is 9.84 Å². The molecule has 1 fully saturated rings. The van der Waals surface area contributed by atoms with E-state index in [1.807, 2.05) is 4.90 Å². The molecule has 3 rings (SSSR count). The van der Waals surface area contributed by atoms with Gasteiger partial charge in [-0.25, -0.2) is 14.6 Å². The molecule has 0 spiro atoms. The van der Waals surface area contributed by atoms with Crippen molar-refractivity contribution >= 4 is 50.8 Å². The van der Waals surface area contributed by atoms with E-state index in [0.717, 1.165) is 16.9 Å². The lowest BCUT2D eigenvalue weighted by Crippen LogP contribution is -2.42. The molecule has 1 aliphatic heterocycles. The van der Waals surface area contributed by atoms with Gasteiger partial charge >= 0.3 is 17.6 Å². The molecule has 2 unspecified atom stereocenters. The fourth-order valence-electron chi connectivity index (χ4n) is 3.48. The SMILES string of the molecule is COC(=O)C(c1ccccc1Cl)N1CCC(SSc2ncccc2[N+](=O)[O-])C(=CC(=O)O)C1. The lowest BCUT2D eigenvalue weighted by molar-refractivity contribution is -0.388. The standard InChI is InChI=1S/C21H20ClN3O6S2/c1-31-21(28)19(14-5-2-3-6-15(14)22)24-10-8-17(13(12-24)11-18(26)27)32-33-20-16(25(29)30)7-4-9-23-20/h2-7,9,11,17,19H,8,10,12H2,1H3,(H,26,27). The smallest absolute Gasteiger partial charge is 0.328 e. The number of nitrogens with zero attached hydrogens (tertiary/aromatic N) is 3. The van der Waals surface area contributed by atoms with Gasteiger partial charge in [-0.3, -0.25) is 15.0 Å². The van der Waals surface area contributed by atoms with Crippen molar-refractivity contribution in [3.05, 3.63) is 74.9 Å². The van der Waals surface area contributed by atoms with E-state index in [1.54, 1.807) is 24.3 Å². The molecule has 0 amide bonds. The number of carbonyl (C=O) groups excluding carboxylic acids is 1. The number of carboxylic acid groups (broad SMARTS) is 1. The zero-order valence-corrected chi connectivity index (χ0v) is 19.8. The normalized spacial score (nSPS) is 18.6. The summed E-state index contributed by atoms with van der Waals surface area (Å²) in [5.41, 5.74) is 1.04. The number of halogens is 1. The van der Waals surface area contributed by atoms with Gasteiger partial charge in [0.15, 0.2) is 5.03 Å². The highest BCUT2D eigenvalue weighted by Crippen LogP contribution is 2.43. The van der Waals surface area contributed by atoms with Crippen LogP contribution in [0.4, 0.5) is 5.69 Å². The molecule has 0 aliphatic carbocycles. The summed E-state index contributed by atoms with van der Waals surface area (Å²) in [7, 11) is 3.73. The van der Waals surface area contributed by atoms with Crippen LogP contribution in [0.5, 0.6) is 0 Å². The largest absolute Gasteiger partial charge is 0.478 e. The molecule has 2 heterocycles. The monoisotopic (exact) mass is 509 g/mol. The quantitative estimate of drug-likeness (QED) is 0.180. The van der Waals surface area contributed by atoms with Crippen molar-refractivity contribution in [1.29, 1.82) is 0 Å². The van der Waals surface area contributed by atoms with Crippen LogP contribution in [-0.4, -0.2) is 57.3 Å². The van der Waals surface area contributed by atoms with Gasteiger partial charge in [-0.05, 0) is 40.5 Å². The molecule has 0 bridgehead atoms. The second kappa shape index (κ2) is 11.5. The third kappa shape index (κ3) is 6.26. The Kier molecular flexibility index (Phi) is 8.73. The topological polar surface area (TPSA) is 123 Å². The van der Waals surface area contributed by atoms with E-state index in [1.165, 1.54) is 36.2 Å². The number of rotatable bonds is 8. The van der Waals surface area contributed by atoms with E-state index in [9.17, 15) is 24.8 Å². The number of aliphatic carboxylic acids is 1. The van der Waals surface area contributed by atoms with Crippen LogP contribution in [0.25, 0.3) is 0 Å². The maximum atomic E-state index is 12.6. The Balaban J connectivity index is 1.83. The Bertz CT molecular complexity index is 1080. The van der Waals surface area contributed by atoms with E-state index in [2.05, 4.69) is 4.98 Å². The van der Waals surface area contributed by atoms with Crippen molar-refractivity contribution < 1.29 is 24.4 Å². The maximum Gasteiger partial charge on any atom is 0.328 e. The van der Waals surface area contributed by atoms with Gasteiger partial charge in [0.2, 0.25) is 0 Å². The van der Waals surface area contributed by atoms with Crippen LogP contribution in [-0.2, 0) is 14.3 Å². The number of pyridine rings is 1. The lowest BCUT2D eigenvalue weighted by Gasteiger charge is -2.37. The van der Waals surface area contributed by atoms with Crippen molar-refractivity contribution in [3.8, 4) is 0 Å².